The van der Waals surface area contributed by atoms with Crippen LogP contribution in [0.4, 0.5) is 0 Å². The zero-order chi connectivity index (χ0) is 14.4. The van der Waals surface area contributed by atoms with Gasteiger partial charge in [0.05, 0.1) is 7.11 Å². The Bertz CT molecular complexity index is 564. The molecule has 0 aliphatic heterocycles. The normalized spacial score (nSPS) is 10.1. The van der Waals surface area contributed by atoms with E-state index < -0.39 is 5.97 Å². The molecule has 0 unspecified atom stereocenters. The summed E-state index contributed by atoms with van der Waals surface area (Å²) in [4.78, 5) is 11.2. The summed E-state index contributed by atoms with van der Waals surface area (Å²) in [5.41, 5.74) is 0. The minimum Gasteiger partial charge on any atom is -0.490 e. The number of thiophene rings is 1. The van der Waals surface area contributed by atoms with E-state index >= 15 is 0 Å². The summed E-state index contributed by atoms with van der Waals surface area (Å²) in [6.45, 7) is 0.594. The molecule has 0 fully saturated rings. The van der Waals surface area contributed by atoms with E-state index in [1.165, 1.54) is 7.11 Å². The van der Waals surface area contributed by atoms with Gasteiger partial charge in [-0.1, -0.05) is 29.5 Å². The predicted octanol–water partition coefficient (Wildman–Crippen LogP) is 2.91. The Kier molecular flexibility index (Phi) is 4.84. The first-order chi connectivity index (χ1) is 9.70. The molecule has 0 aliphatic carbocycles. The number of ether oxygens (including phenoxy) is 3. The molecule has 1 aromatic heterocycles. The molecule has 0 aliphatic rings. The third kappa shape index (κ3) is 3.64. The highest BCUT2D eigenvalue weighted by molar-refractivity contribution is 7.16. The number of methoxy groups -OCH3 is 1. The molecule has 5 nitrogen and oxygen atoms in total. The monoisotopic (exact) mass is 294 g/mol. The Labute approximate surface area is 120 Å². The van der Waals surface area contributed by atoms with Gasteiger partial charge in [-0.15, -0.1) is 0 Å². The van der Waals surface area contributed by atoms with Crippen LogP contribution in [0.3, 0.4) is 0 Å². The van der Waals surface area contributed by atoms with Crippen molar-refractivity contribution in [3.8, 4) is 16.6 Å². The Morgan fingerprint density at radius 2 is 1.90 bits per heavy atom. The number of carbonyl (C=O) groups is 1. The number of hydrogen-bond donors (Lipinski definition) is 1. The Morgan fingerprint density at radius 3 is 2.55 bits per heavy atom. The molecule has 1 N–H and O–H groups in total. The SMILES string of the molecule is COc1cc(OCCOc2ccccc2)c(C(=O)O)s1. The first-order valence-corrected chi connectivity index (χ1v) is 6.74. The van der Waals surface area contributed by atoms with E-state index in [4.69, 9.17) is 19.3 Å². The highest BCUT2D eigenvalue weighted by Crippen LogP contribution is 2.34. The molecule has 0 saturated carbocycles. The van der Waals surface area contributed by atoms with Crippen LogP contribution in [0.15, 0.2) is 36.4 Å². The number of benzene rings is 1. The van der Waals surface area contributed by atoms with Gasteiger partial charge < -0.3 is 19.3 Å². The summed E-state index contributed by atoms with van der Waals surface area (Å²) in [5.74, 6) is 0.0192. The maximum atomic E-state index is 11.0. The molecule has 1 heterocycles. The van der Waals surface area contributed by atoms with Gasteiger partial charge in [-0.3, -0.25) is 0 Å². The lowest BCUT2D eigenvalue weighted by atomic mass is 10.3. The number of carboxylic acid groups (broad SMARTS) is 1. The molecule has 6 heteroatoms. The third-order valence-corrected chi connectivity index (χ3v) is 3.49. The van der Waals surface area contributed by atoms with Crippen LogP contribution in [-0.2, 0) is 0 Å². The van der Waals surface area contributed by atoms with Crippen LogP contribution in [-0.4, -0.2) is 31.4 Å². The van der Waals surface area contributed by atoms with Crippen LogP contribution >= 0.6 is 11.3 Å². The summed E-state index contributed by atoms with van der Waals surface area (Å²) >= 11 is 1.03. The highest BCUT2D eigenvalue weighted by atomic mass is 32.1. The van der Waals surface area contributed by atoms with Gasteiger partial charge in [-0.25, -0.2) is 4.79 Å². The molecule has 0 saturated heterocycles. The number of aromatic carboxylic acids is 1. The van der Waals surface area contributed by atoms with Crippen molar-refractivity contribution in [2.75, 3.05) is 20.3 Å². The van der Waals surface area contributed by atoms with Crippen molar-refractivity contribution in [1.29, 1.82) is 0 Å². The van der Waals surface area contributed by atoms with E-state index in [9.17, 15) is 4.79 Å². The molecule has 0 radical (unpaired) electrons. The Hall–Kier alpha value is -2.21. The van der Waals surface area contributed by atoms with Crippen LogP contribution in [0.5, 0.6) is 16.6 Å². The molecule has 1 aromatic carbocycles. The standard InChI is InChI=1S/C14H14O5S/c1-17-12-9-11(13(20-12)14(15)16)19-8-7-18-10-5-3-2-4-6-10/h2-6,9H,7-8H2,1H3,(H,15,16). The second kappa shape index (κ2) is 6.81. The average Bonchev–Trinajstić information content (AvgIpc) is 2.88. The molecule has 0 spiro atoms. The van der Waals surface area contributed by atoms with Gasteiger partial charge in [0, 0.05) is 6.07 Å². The maximum Gasteiger partial charge on any atom is 0.349 e. The van der Waals surface area contributed by atoms with Crippen LogP contribution in [0, 0.1) is 0 Å². The van der Waals surface area contributed by atoms with Gasteiger partial charge in [0.25, 0.3) is 0 Å². The minimum absolute atomic E-state index is 0.126. The lowest BCUT2D eigenvalue weighted by Crippen LogP contribution is -2.10. The summed E-state index contributed by atoms with van der Waals surface area (Å²) < 4.78 is 15.9. The maximum absolute atomic E-state index is 11.0. The number of rotatable bonds is 7. The zero-order valence-electron chi connectivity index (χ0n) is 10.9. The molecular weight excluding hydrogens is 280 g/mol. The summed E-state index contributed by atoms with van der Waals surface area (Å²) in [7, 11) is 1.49. The summed E-state index contributed by atoms with van der Waals surface area (Å²) in [6.07, 6.45) is 0. The Morgan fingerprint density at radius 1 is 1.20 bits per heavy atom. The fourth-order valence-electron chi connectivity index (χ4n) is 1.54. The van der Waals surface area contributed by atoms with Gasteiger partial charge >= 0.3 is 5.97 Å². The van der Waals surface area contributed by atoms with Crippen molar-refractivity contribution < 1.29 is 24.1 Å². The van der Waals surface area contributed by atoms with Gasteiger partial charge in [-0.2, -0.15) is 0 Å². The fraction of sp³-hybridized carbons (Fsp3) is 0.214. The second-order valence-corrected chi connectivity index (χ2v) is 4.79. The highest BCUT2D eigenvalue weighted by Gasteiger charge is 2.17. The first-order valence-electron chi connectivity index (χ1n) is 5.92. The molecule has 0 amide bonds. The van der Waals surface area contributed by atoms with E-state index in [1.54, 1.807) is 6.07 Å². The predicted molar refractivity (Wildman–Crippen MR) is 75.3 cm³/mol. The third-order valence-electron chi connectivity index (χ3n) is 2.42. The van der Waals surface area contributed by atoms with E-state index in [2.05, 4.69) is 0 Å². The van der Waals surface area contributed by atoms with Crippen molar-refractivity contribution in [3.63, 3.8) is 0 Å². The van der Waals surface area contributed by atoms with Crippen molar-refractivity contribution in [2.45, 2.75) is 0 Å². The van der Waals surface area contributed by atoms with Crippen LogP contribution < -0.4 is 14.2 Å². The quantitative estimate of drug-likeness (QED) is 0.795. The number of carboxylic acids is 1. The van der Waals surface area contributed by atoms with Gasteiger partial charge in [-0.05, 0) is 12.1 Å². The Balaban J connectivity index is 1.87. The molecule has 2 aromatic rings. The summed E-state index contributed by atoms with van der Waals surface area (Å²) in [5, 5.41) is 9.55. The average molecular weight is 294 g/mol. The minimum atomic E-state index is -1.03. The van der Waals surface area contributed by atoms with E-state index in [1.807, 2.05) is 30.3 Å². The van der Waals surface area contributed by atoms with Crippen molar-refractivity contribution in [1.82, 2.24) is 0 Å². The van der Waals surface area contributed by atoms with Crippen molar-refractivity contribution >= 4 is 17.3 Å². The molecule has 2 rings (SSSR count). The number of hydrogen-bond acceptors (Lipinski definition) is 5. The van der Waals surface area contributed by atoms with E-state index in [-0.39, 0.29) is 11.5 Å². The topological polar surface area (TPSA) is 65.0 Å². The molecule has 0 atom stereocenters. The fourth-order valence-corrected chi connectivity index (χ4v) is 2.29. The molecular formula is C14H14O5S. The first kappa shape index (κ1) is 14.2. The van der Waals surface area contributed by atoms with Crippen molar-refractivity contribution in [2.24, 2.45) is 0 Å². The second-order valence-electron chi connectivity index (χ2n) is 3.78. The van der Waals surface area contributed by atoms with Gasteiger partial charge in [0.2, 0.25) is 0 Å². The van der Waals surface area contributed by atoms with Crippen LogP contribution in [0.1, 0.15) is 9.67 Å². The molecule has 106 valence electrons. The molecule has 20 heavy (non-hydrogen) atoms. The van der Waals surface area contributed by atoms with Crippen LogP contribution in [0.25, 0.3) is 0 Å². The summed E-state index contributed by atoms with van der Waals surface area (Å²) in [6, 6.07) is 10.9. The zero-order valence-corrected chi connectivity index (χ0v) is 11.7. The van der Waals surface area contributed by atoms with E-state index in [0.29, 0.717) is 17.4 Å². The van der Waals surface area contributed by atoms with E-state index in [0.717, 1.165) is 17.1 Å². The van der Waals surface area contributed by atoms with Crippen LogP contribution in [0.2, 0.25) is 0 Å². The van der Waals surface area contributed by atoms with Gasteiger partial charge in [0.1, 0.15) is 24.7 Å². The lowest BCUT2D eigenvalue weighted by Gasteiger charge is -2.07. The smallest absolute Gasteiger partial charge is 0.349 e. The van der Waals surface area contributed by atoms with Gasteiger partial charge in [0.15, 0.2) is 9.94 Å². The number of para-hydroxylation sites is 1. The lowest BCUT2D eigenvalue weighted by molar-refractivity contribution is 0.0697. The largest absolute Gasteiger partial charge is 0.490 e. The molecule has 0 bridgehead atoms. The van der Waals surface area contributed by atoms with Crippen molar-refractivity contribution in [3.05, 3.63) is 41.3 Å².